The van der Waals surface area contributed by atoms with Crippen molar-refractivity contribution in [3.05, 3.63) is 23.8 Å². The van der Waals surface area contributed by atoms with Crippen LogP contribution in [0.15, 0.2) is 23.8 Å². The molecule has 1 nitrogen and oxygen atoms in total. The average molecular weight is 427 g/mol. The predicted octanol–water partition coefficient (Wildman–Crippen LogP) is 8.34. The molecule has 0 aromatic rings. The average Bonchev–Trinajstić information content (AvgIpc) is 3.09. The summed E-state index contributed by atoms with van der Waals surface area (Å²) in [6.45, 7) is 19.3. The van der Waals surface area contributed by atoms with E-state index in [-0.39, 0.29) is 11.5 Å². The van der Waals surface area contributed by atoms with Crippen molar-refractivity contribution in [2.45, 2.75) is 118 Å². The highest BCUT2D eigenvalue weighted by Gasteiger charge is 2.59. The fourth-order valence-corrected chi connectivity index (χ4v) is 8.81. The van der Waals surface area contributed by atoms with Gasteiger partial charge in [0.15, 0.2) is 0 Å². The van der Waals surface area contributed by atoms with E-state index in [1.807, 2.05) is 0 Å². The molecular formula is C30H50O. The molecule has 8 atom stereocenters. The van der Waals surface area contributed by atoms with Gasteiger partial charge in [-0.25, -0.2) is 0 Å². The second kappa shape index (κ2) is 8.34. The molecule has 4 rings (SSSR count). The quantitative estimate of drug-likeness (QED) is 0.423. The van der Waals surface area contributed by atoms with E-state index in [0.717, 1.165) is 42.4 Å². The maximum Gasteiger partial charge on any atom is 0.0577 e. The van der Waals surface area contributed by atoms with Crippen LogP contribution in [0.5, 0.6) is 0 Å². The van der Waals surface area contributed by atoms with Crippen molar-refractivity contribution < 1.29 is 5.11 Å². The molecule has 0 amide bonds. The first-order chi connectivity index (χ1) is 14.5. The normalized spacial score (nSPS) is 43.5. The van der Waals surface area contributed by atoms with Gasteiger partial charge in [0.25, 0.3) is 0 Å². The monoisotopic (exact) mass is 426 g/mol. The number of rotatable bonds is 6. The van der Waals surface area contributed by atoms with Crippen molar-refractivity contribution >= 4 is 0 Å². The van der Waals surface area contributed by atoms with Crippen molar-refractivity contribution in [2.24, 2.45) is 45.8 Å². The molecule has 0 aromatic heterocycles. The van der Waals surface area contributed by atoms with Gasteiger partial charge in [-0.3, -0.25) is 0 Å². The summed E-state index contributed by atoms with van der Waals surface area (Å²) < 4.78 is 0. The fourth-order valence-electron chi connectivity index (χ4n) is 8.81. The van der Waals surface area contributed by atoms with Crippen molar-refractivity contribution in [1.82, 2.24) is 0 Å². The molecule has 3 fully saturated rings. The minimum Gasteiger partial charge on any atom is -0.393 e. The molecule has 0 spiro atoms. The van der Waals surface area contributed by atoms with E-state index in [2.05, 4.69) is 54.2 Å². The Morgan fingerprint density at radius 1 is 1.16 bits per heavy atom. The highest BCUT2D eigenvalue weighted by Crippen LogP contribution is 2.67. The standard InChI is InChI=1S/C30H50O/c1-8-28(4,5)21(3)10-9-20(2)25-13-14-26-24-12-11-22-19-23(31)15-17-29(22,6)27(24)16-18-30(25,26)7/h11,20,23-27,31H,3,8-10,12-19H2,1-2,4-7H3. The Kier molecular flexibility index (Phi) is 6.35. The van der Waals surface area contributed by atoms with E-state index >= 15 is 0 Å². The number of fused-ring (bicyclic) bond motifs is 5. The lowest BCUT2D eigenvalue weighted by Gasteiger charge is -2.58. The Bertz CT molecular complexity index is 716. The molecule has 1 heteroatoms. The molecule has 4 aliphatic carbocycles. The molecule has 0 radical (unpaired) electrons. The Balaban J connectivity index is 1.46. The SMILES string of the molecule is C=C(CCC(C)C1CCC2C3CC=C4CC(O)CCC4(C)C3CCC12C)C(C)(C)CC. The highest BCUT2D eigenvalue weighted by molar-refractivity contribution is 5.25. The van der Waals surface area contributed by atoms with E-state index in [0.29, 0.717) is 10.8 Å². The Hall–Kier alpha value is -0.560. The van der Waals surface area contributed by atoms with Gasteiger partial charge in [0, 0.05) is 0 Å². The smallest absolute Gasteiger partial charge is 0.0577 e. The fraction of sp³-hybridized carbons (Fsp3) is 0.867. The van der Waals surface area contributed by atoms with Crippen LogP contribution in [0, 0.1) is 45.8 Å². The summed E-state index contributed by atoms with van der Waals surface area (Å²) in [5.41, 5.74) is 4.27. The van der Waals surface area contributed by atoms with Crippen molar-refractivity contribution in [1.29, 1.82) is 0 Å². The molecule has 176 valence electrons. The molecule has 0 heterocycles. The largest absolute Gasteiger partial charge is 0.393 e. The molecule has 3 saturated carbocycles. The van der Waals surface area contributed by atoms with Gasteiger partial charge < -0.3 is 5.11 Å². The van der Waals surface area contributed by atoms with Crippen LogP contribution in [0.4, 0.5) is 0 Å². The van der Waals surface area contributed by atoms with Crippen molar-refractivity contribution in [2.75, 3.05) is 0 Å². The van der Waals surface area contributed by atoms with E-state index in [9.17, 15) is 5.11 Å². The van der Waals surface area contributed by atoms with Gasteiger partial charge in [0.1, 0.15) is 0 Å². The van der Waals surface area contributed by atoms with E-state index in [1.165, 1.54) is 63.4 Å². The highest BCUT2D eigenvalue weighted by atomic mass is 16.3. The molecule has 0 saturated heterocycles. The van der Waals surface area contributed by atoms with Crippen LogP contribution in [-0.4, -0.2) is 11.2 Å². The Morgan fingerprint density at radius 2 is 1.90 bits per heavy atom. The molecular weight excluding hydrogens is 376 g/mol. The van der Waals surface area contributed by atoms with E-state index in [4.69, 9.17) is 0 Å². The van der Waals surface area contributed by atoms with Gasteiger partial charge in [0.05, 0.1) is 6.10 Å². The summed E-state index contributed by atoms with van der Waals surface area (Å²) in [7, 11) is 0. The summed E-state index contributed by atoms with van der Waals surface area (Å²) >= 11 is 0. The molecule has 4 aliphatic rings. The van der Waals surface area contributed by atoms with Crippen LogP contribution in [0.3, 0.4) is 0 Å². The van der Waals surface area contributed by atoms with Gasteiger partial charge in [-0.1, -0.05) is 65.3 Å². The lowest BCUT2D eigenvalue weighted by atomic mass is 9.47. The lowest BCUT2D eigenvalue weighted by Crippen LogP contribution is -2.50. The van der Waals surface area contributed by atoms with Crippen LogP contribution < -0.4 is 0 Å². The third-order valence-electron chi connectivity index (χ3n) is 11.6. The Labute approximate surface area is 193 Å². The first kappa shape index (κ1) is 23.6. The number of hydrogen-bond acceptors (Lipinski definition) is 1. The summed E-state index contributed by atoms with van der Waals surface area (Å²) in [6.07, 6.45) is 16.4. The minimum absolute atomic E-state index is 0.0890. The maximum atomic E-state index is 10.3. The van der Waals surface area contributed by atoms with Gasteiger partial charge in [0.2, 0.25) is 0 Å². The third-order valence-corrected chi connectivity index (χ3v) is 11.6. The minimum atomic E-state index is -0.0890. The molecule has 0 aromatic carbocycles. The first-order valence-electron chi connectivity index (χ1n) is 13.6. The summed E-state index contributed by atoms with van der Waals surface area (Å²) in [5, 5.41) is 10.3. The van der Waals surface area contributed by atoms with Gasteiger partial charge >= 0.3 is 0 Å². The lowest BCUT2D eigenvalue weighted by molar-refractivity contribution is -0.0571. The summed E-state index contributed by atoms with van der Waals surface area (Å²) in [4.78, 5) is 0. The number of aliphatic hydroxyl groups excluding tert-OH is 1. The van der Waals surface area contributed by atoms with Crippen LogP contribution in [-0.2, 0) is 0 Å². The van der Waals surface area contributed by atoms with Gasteiger partial charge in [-0.2, -0.15) is 0 Å². The maximum absolute atomic E-state index is 10.3. The molecule has 1 N–H and O–H groups in total. The molecule has 0 aliphatic heterocycles. The van der Waals surface area contributed by atoms with E-state index in [1.54, 1.807) is 5.57 Å². The number of aliphatic hydroxyl groups is 1. The van der Waals surface area contributed by atoms with Crippen molar-refractivity contribution in [3.63, 3.8) is 0 Å². The van der Waals surface area contributed by atoms with Crippen LogP contribution in [0.1, 0.15) is 112 Å². The zero-order chi connectivity index (χ0) is 22.6. The molecule has 8 unspecified atom stereocenters. The zero-order valence-electron chi connectivity index (χ0n) is 21.5. The van der Waals surface area contributed by atoms with E-state index < -0.39 is 0 Å². The van der Waals surface area contributed by atoms with Crippen LogP contribution in [0.25, 0.3) is 0 Å². The predicted molar refractivity (Wildman–Crippen MR) is 133 cm³/mol. The third kappa shape index (κ3) is 3.89. The van der Waals surface area contributed by atoms with Crippen LogP contribution in [0.2, 0.25) is 0 Å². The summed E-state index contributed by atoms with van der Waals surface area (Å²) in [5.74, 6) is 4.36. The zero-order valence-corrected chi connectivity index (χ0v) is 21.5. The second-order valence-electron chi connectivity index (χ2n) is 13.2. The number of allylic oxidation sites excluding steroid dienone is 2. The van der Waals surface area contributed by atoms with Crippen molar-refractivity contribution in [3.8, 4) is 0 Å². The molecule has 31 heavy (non-hydrogen) atoms. The summed E-state index contributed by atoms with van der Waals surface area (Å²) in [6, 6.07) is 0. The van der Waals surface area contributed by atoms with Gasteiger partial charge in [-0.15, -0.1) is 0 Å². The number of hydrogen-bond donors (Lipinski definition) is 1. The van der Waals surface area contributed by atoms with Gasteiger partial charge in [-0.05, 0) is 116 Å². The Morgan fingerprint density at radius 3 is 2.61 bits per heavy atom. The molecule has 0 bridgehead atoms. The first-order valence-corrected chi connectivity index (χ1v) is 13.6. The van der Waals surface area contributed by atoms with Crippen LogP contribution >= 0.6 is 0 Å². The topological polar surface area (TPSA) is 20.2 Å². The second-order valence-corrected chi connectivity index (χ2v) is 13.2.